The number of rotatable bonds is 10. The van der Waals surface area contributed by atoms with Gasteiger partial charge in [0.05, 0.1) is 18.5 Å². The smallest absolute Gasteiger partial charge is 0.271 e. The molecule has 0 spiro atoms. The Morgan fingerprint density at radius 3 is 2.41 bits per heavy atom. The minimum Gasteiger partial charge on any atom is -0.497 e. The summed E-state index contributed by atoms with van der Waals surface area (Å²) in [5.41, 5.74) is 5.39. The highest BCUT2D eigenvalue weighted by Crippen LogP contribution is 2.33. The van der Waals surface area contributed by atoms with E-state index in [0.29, 0.717) is 29.9 Å². The largest absolute Gasteiger partial charge is 0.497 e. The third-order valence-electron chi connectivity index (χ3n) is 7.48. The van der Waals surface area contributed by atoms with E-state index >= 15 is 0 Å². The number of methoxy groups -OCH3 is 1. The number of carbonyl (C=O) groups is 2. The standard InChI is InChI=1S/C36H32N4O4/c1-5-19-44-33-16-13-27(20-24(33)2)34-28(23-40(38-34)29-9-7-6-8-10-29)21-31-25(3)32(22-37)36(42)39(35(31)41)18-17-26-11-14-30(43-4)15-12-26/h5-16,20-21,23H,1,17-19H2,2-4H3/b31-21+. The van der Waals surface area contributed by atoms with Crippen molar-refractivity contribution in [3.63, 3.8) is 0 Å². The second-order valence-electron chi connectivity index (χ2n) is 10.3. The average molecular weight is 585 g/mol. The number of aromatic nitrogens is 2. The number of carbonyl (C=O) groups excluding carboxylic acids is 2. The van der Waals surface area contributed by atoms with Gasteiger partial charge in [-0.05, 0) is 85.5 Å². The van der Waals surface area contributed by atoms with Gasteiger partial charge >= 0.3 is 0 Å². The number of benzene rings is 3. The Morgan fingerprint density at radius 1 is 1.00 bits per heavy atom. The molecule has 44 heavy (non-hydrogen) atoms. The summed E-state index contributed by atoms with van der Waals surface area (Å²) in [6, 6.07) is 24.9. The summed E-state index contributed by atoms with van der Waals surface area (Å²) < 4.78 is 12.7. The highest BCUT2D eigenvalue weighted by atomic mass is 16.5. The van der Waals surface area contributed by atoms with Crippen LogP contribution in [0.15, 0.2) is 108 Å². The van der Waals surface area contributed by atoms with Crippen LogP contribution in [0.3, 0.4) is 0 Å². The van der Waals surface area contributed by atoms with Crippen molar-refractivity contribution in [2.24, 2.45) is 0 Å². The second-order valence-corrected chi connectivity index (χ2v) is 10.3. The van der Waals surface area contributed by atoms with Crippen LogP contribution in [-0.4, -0.2) is 46.8 Å². The monoisotopic (exact) mass is 584 g/mol. The molecule has 1 aromatic heterocycles. The number of aryl methyl sites for hydroxylation is 1. The number of nitriles is 1. The van der Waals surface area contributed by atoms with Crippen LogP contribution in [0.1, 0.15) is 23.6 Å². The molecule has 0 bridgehead atoms. The zero-order chi connectivity index (χ0) is 31.2. The average Bonchev–Trinajstić information content (AvgIpc) is 3.47. The number of para-hydroxylation sites is 1. The fourth-order valence-corrected chi connectivity index (χ4v) is 5.06. The molecule has 8 heteroatoms. The van der Waals surface area contributed by atoms with Crippen molar-refractivity contribution in [1.29, 1.82) is 5.26 Å². The van der Waals surface area contributed by atoms with Gasteiger partial charge in [-0.2, -0.15) is 10.4 Å². The van der Waals surface area contributed by atoms with Gasteiger partial charge in [-0.1, -0.05) is 43.0 Å². The van der Waals surface area contributed by atoms with Crippen LogP contribution >= 0.6 is 0 Å². The van der Waals surface area contributed by atoms with Crippen LogP contribution < -0.4 is 9.47 Å². The van der Waals surface area contributed by atoms with E-state index in [0.717, 1.165) is 38.8 Å². The van der Waals surface area contributed by atoms with Gasteiger partial charge in [0.25, 0.3) is 11.8 Å². The molecule has 0 radical (unpaired) electrons. The minimum absolute atomic E-state index is 0.0536. The molecule has 3 aromatic carbocycles. The Balaban J connectivity index is 1.57. The minimum atomic E-state index is -0.591. The van der Waals surface area contributed by atoms with Crippen LogP contribution in [0, 0.1) is 18.3 Å². The molecule has 1 aliphatic heterocycles. The van der Waals surface area contributed by atoms with Crippen molar-refractivity contribution >= 4 is 17.9 Å². The predicted molar refractivity (Wildman–Crippen MR) is 169 cm³/mol. The molecule has 0 atom stereocenters. The molecule has 4 aromatic rings. The second kappa shape index (κ2) is 13.1. The highest BCUT2D eigenvalue weighted by Gasteiger charge is 2.35. The first-order valence-corrected chi connectivity index (χ1v) is 14.2. The molecule has 1 aliphatic rings. The molecule has 2 amide bonds. The summed E-state index contributed by atoms with van der Waals surface area (Å²) in [6.07, 6.45) is 5.70. The quantitative estimate of drug-likeness (QED) is 0.124. The molecular weight excluding hydrogens is 552 g/mol. The van der Waals surface area contributed by atoms with Gasteiger partial charge in [-0.15, -0.1) is 0 Å². The number of amides is 2. The van der Waals surface area contributed by atoms with E-state index in [-0.39, 0.29) is 17.7 Å². The number of hydrogen-bond donors (Lipinski definition) is 0. The maximum atomic E-state index is 13.9. The van der Waals surface area contributed by atoms with Crippen molar-refractivity contribution in [2.45, 2.75) is 20.3 Å². The van der Waals surface area contributed by atoms with Crippen LogP contribution in [0.5, 0.6) is 11.5 Å². The van der Waals surface area contributed by atoms with E-state index in [4.69, 9.17) is 14.6 Å². The van der Waals surface area contributed by atoms with Gasteiger partial charge in [-0.25, -0.2) is 4.68 Å². The van der Waals surface area contributed by atoms with Crippen LogP contribution in [0.2, 0.25) is 0 Å². The van der Waals surface area contributed by atoms with Crippen LogP contribution in [0.4, 0.5) is 0 Å². The lowest BCUT2D eigenvalue weighted by Gasteiger charge is -2.27. The summed E-state index contributed by atoms with van der Waals surface area (Å²) in [6.45, 7) is 7.82. The fraction of sp³-hybridized carbons (Fsp3) is 0.167. The van der Waals surface area contributed by atoms with E-state index in [9.17, 15) is 14.9 Å². The number of imide groups is 1. The lowest BCUT2D eigenvalue weighted by atomic mass is 9.93. The van der Waals surface area contributed by atoms with Crippen molar-refractivity contribution in [2.75, 3.05) is 20.3 Å². The Bertz CT molecular complexity index is 1830. The molecule has 0 unspecified atom stereocenters. The molecule has 0 fully saturated rings. The molecule has 2 heterocycles. The van der Waals surface area contributed by atoms with E-state index in [1.165, 1.54) is 0 Å². The molecule has 5 rings (SSSR count). The zero-order valence-corrected chi connectivity index (χ0v) is 24.9. The number of hydrogen-bond acceptors (Lipinski definition) is 6. The van der Waals surface area contributed by atoms with Crippen LogP contribution in [-0.2, 0) is 16.0 Å². The summed E-state index contributed by atoms with van der Waals surface area (Å²) in [7, 11) is 1.59. The van der Waals surface area contributed by atoms with E-state index in [2.05, 4.69) is 6.58 Å². The van der Waals surface area contributed by atoms with Crippen molar-refractivity contribution in [3.05, 3.63) is 125 Å². The van der Waals surface area contributed by atoms with Crippen LogP contribution in [0.25, 0.3) is 23.0 Å². The normalized spacial score (nSPS) is 14.1. The Labute approximate surface area is 256 Å². The van der Waals surface area contributed by atoms with Gasteiger partial charge in [0.2, 0.25) is 0 Å². The predicted octanol–water partition coefficient (Wildman–Crippen LogP) is 6.26. The summed E-state index contributed by atoms with van der Waals surface area (Å²) in [5, 5.41) is 14.8. The van der Waals surface area contributed by atoms with Gasteiger partial charge < -0.3 is 9.47 Å². The molecule has 0 N–H and O–H groups in total. The van der Waals surface area contributed by atoms with Gasteiger partial charge in [0.15, 0.2) is 0 Å². The first-order chi connectivity index (χ1) is 21.3. The summed E-state index contributed by atoms with van der Waals surface area (Å²) in [5.74, 6) is 0.409. The van der Waals surface area contributed by atoms with Gasteiger partial charge in [0.1, 0.15) is 29.7 Å². The third kappa shape index (κ3) is 6.08. The van der Waals surface area contributed by atoms with Gasteiger partial charge in [-0.3, -0.25) is 14.5 Å². The number of nitrogens with zero attached hydrogens (tertiary/aromatic N) is 4. The van der Waals surface area contributed by atoms with Crippen molar-refractivity contribution in [1.82, 2.24) is 14.7 Å². The molecule has 8 nitrogen and oxygen atoms in total. The van der Waals surface area contributed by atoms with E-state index in [1.807, 2.05) is 92.0 Å². The SMILES string of the molecule is C=CCOc1ccc(-c2nn(-c3ccccc3)cc2/C=C2/C(=O)N(CCc3ccc(OC)cc3)C(=O)C(C#N)=C2C)cc1C. The summed E-state index contributed by atoms with van der Waals surface area (Å²) in [4.78, 5) is 28.3. The van der Waals surface area contributed by atoms with Gasteiger partial charge in [0, 0.05) is 29.4 Å². The maximum Gasteiger partial charge on any atom is 0.271 e. The molecule has 0 aliphatic carbocycles. The molecule has 0 saturated heterocycles. The first-order valence-electron chi connectivity index (χ1n) is 14.2. The summed E-state index contributed by atoms with van der Waals surface area (Å²) >= 11 is 0. The Hall–Kier alpha value is -5.68. The molecule has 0 saturated carbocycles. The third-order valence-corrected chi connectivity index (χ3v) is 7.48. The van der Waals surface area contributed by atoms with E-state index in [1.54, 1.807) is 30.9 Å². The Kier molecular flexibility index (Phi) is 8.87. The lowest BCUT2D eigenvalue weighted by Crippen LogP contribution is -2.43. The fourth-order valence-electron chi connectivity index (χ4n) is 5.06. The molecular formula is C36H32N4O4. The zero-order valence-electron chi connectivity index (χ0n) is 24.9. The first kappa shape index (κ1) is 29.8. The van der Waals surface area contributed by atoms with Crippen molar-refractivity contribution in [3.8, 4) is 34.5 Å². The highest BCUT2D eigenvalue weighted by molar-refractivity contribution is 6.19. The van der Waals surface area contributed by atoms with E-state index < -0.39 is 11.8 Å². The maximum absolute atomic E-state index is 13.9. The topological polar surface area (TPSA) is 97.4 Å². The number of ether oxygens (including phenoxy) is 2. The van der Waals surface area contributed by atoms with Crippen molar-refractivity contribution < 1.29 is 19.1 Å². The lowest BCUT2D eigenvalue weighted by molar-refractivity contribution is -0.140. The Morgan fingerprint density at radius 2 is 1.75 bits per heavy atom. The molecule has 220 valence electrons.